The average Bonchev–Trinajstić information content (AvgIpc) is 2.36. The lowest BCUT2D eigenvalue weighted by Gasteiger charge is -2.14. The summed E-state index contributed by atoms with van der Waals surface area (Å²) in [6, 6.07) is 8.10. The van der Waals surface area contributed by atoms with Crippen LogP contribution in [0, 0.1) is 0 Å². The van der Waals surface area contributed by atoms with Crippen LogP contribution in [0.5, 0.6) is 0 Å². The van der Waals surface area contributed by atoms with Gasteiger partial charge in [-0.15, -0.1) is 0 Å². The Labute approximate surface area is 109 Å². The third-order valence-electron chi connectivity index (χ3n) is 2.71. The molecular formula is C14H22N2O2. The first-order valence-corrected chi connectivity index (χ1v) is 6.20. The van der Waals surface area contributed by atoms with Crippen LogP contribution < -0.4 is 10.2 Å². The summed E-state index contributed by atoms with van der Waals surface area (Å²) in [5.74, 6) is -0.0754. The molecule has 1 aromatic rings. The van der Waals surface area contributed by atoms with Gasteiger partial charge in [0.25, 0.3) is 0 Å². The highest BCUT2D eigenvalue weighted by Gasteiger charge is 2.11. The van der Waals surface area contributed by atoms with E-state index in [9.17, 15) is 4.79 Å². The number of benzene rings is 1. The number of carbonyl (C=O) groups excluding carboxylic acids is 1. The molecule has 1 aromatic carbocycles. The van der Waals surface area contributed by atoms with Crippen LogP contribution in [-0.4, -0.2) is 32.7 Å². The summed E-state index contributed by atoms with van der Waals surface area (Å²) in [7, 11) is 4.00. The monoisotopic (exact) mass is 250 g/mol. The molecule has 0 saturated heterocycles. The Balaban J connectivity index is 2.46. The summed E-state index contributed by atoms with van der Waals surface area (Å²) in [5.41, 5.74) is 2.23. The summed E-state index contributed by atoms with van der Waals surface area (Å²) >= 11 is 0. The smallest absolute Gasteiger partial charge is 0.249 e. The van der Waals surface area contributed by atoms with E-state index in [-0.39, 0.29) is 5.91 Å². The molecule has 0 fully saturated rings. The molecule has 1 N–H and O–H groups in total. The number of rotatable bonds is 6. The minimum Gasteiger partial charge on any atom is -0.378 e. The summed E-state index contributed by atoms with van der Waals surface area (Å²) < 4.78 is 5.22. The molecule has 1 unspecified atom stereocenters. The van der Waals surface area contributed by atoms with Crippen molar-refractivity contribution in [3.05, 3.63) is 29.8 Å². The molecule has 0 aliphatic heterocycles. The van der Waals surface area contributed by atoms with Crippen LogP contribution in [0.1, 0.15) is 19.4 Å². The zero-order chi connectivity index (χ0) is 13.5. The lowest BCUT2D eigenvalue weighted by molar-refractivity contribution is -0.131. The van der Waals surface area contributed by atoms with E-state index >= 15 is 0 Å². The minimum absolute atomic E-state index is 0.0754. The van der Waals surface area contributed by atoms with Crippen LogP contribution in [0.3, 0.4) is 0 Å². The summed E-state index contributed by atoms with van der Waals surface area (Å²) in [6.45, 7) is 4.72. The molecule has 1 rings (SSSR count). The van der Waals surface area contributed by atoms with Crippen molar-refractivity contribution in [1.82, 2.24) is 5.32 Å². The van der Waals surface area contributed by atoms with Gasteiger partial charge in [0.1, 0.15) is 6.10 Å². The van der Waals surface area contributed by atoms with Crippen molar-refractivity contribution in [3.8, 4) is 0 Å². The van der Waals surface area contributed by atoms with Gasteiger partial charge in [-0.3, -0.25) is 4.79 Å². The Bertz CT molecular complexity index is 374. The Morgan fingerprint density at radius 1 is 1.33 bits per heavy atom. The summed E-state index contributed by atoms with van der Waals surface area (Å²) in [5, 5.41) is 2.85. The van der Waals surface area contributed by atoms with Gasteiger partial charge in [0.2, 0.25) is 5.91 Å². The maximum atomic E-state index is 11.6. The molecule has 0 bridgehead atoms. The van der Waals surface area contributed by atoms with Crippen molar-refractivity contribution in [2.45, 2.75) is 26.5 Å². The quantitative estimate of drug-likeness (QED) is 0.837. The Hall–Kier alpha value is -1.55. The van der Waals surface area contributed by atoms with Gasteiger partial charge < -0.3 is 15.0 Å². The number of hydrogen-bond donors (Lipinski definition) is 1. The van der Waals surface area contributed by atoms with E-state index in [1.54, 1.807) is 6.92 Å². The van der Waals surface area contributed by atoms with Crippen molar-refractivity contribution >= 4 is 11.6 Å². The first kappa shape index (κ1) is 14.5. The number of amides is 1. The first-order chi connectivity index (χ1) is 8.54. The molecule has 1 atom stereocenters. The second kappa shape index (κ2) is 7.01. The molecule has 0 saturated carbocycles. The Morgan fingerprint density at radius 2 is 1.94 bits per heavy atom. The zero-order valence-corrected chi connectivity index (χ0v) is 11.6. The van der Waals surface area contributed by atoms with Crippen LogP contribution in [-0.2, 0) is 16.1 Å². The molecule has 0 heterocycles. The molecule has 18 heavy (non-hydrogen) atoms. The largest absolute Gasteiger partial charge is 0.378 e. The molecule has 0 aliphatic carbocycles. The van der Waals surface area contributed by atoms with Crippen LogP contribution in [0.25, 0.3) is 0 Å². The predicted octanol–water partition coefficient (Wildman–Crippen LogP) is 1.79. The molecule has 0 spiro atoms. The molecule has 4 nitrogen and oxygen atoms in total. The van der Waals surface area contributed by atoms with E-state index in [4.69, 9.17) is 4.74 Å². The van der Waals surface area contributed by atoms with Crippen LogP contribution in [0.2, 0.25) is 0 Å². The van der Waals surface area contributed by atoms with Crippen molar-refractivity contribution in [1.29, 1.82) is 0 Å². The lowest BCUT2D eigenvalue weighted by Crippen LogP contribution is -2.34. The van der Waals surface area contributed by atoms with Crippen molar-refractivity contribution in [2.75, 3.05) is 25.6 Å². The van der Waals surface area contributed by atoms with Crippen molar-refractivity contribution < 1.29 is 9.53 Å². The predicted molar refractivity (Wildman–Crippen MR) is 73.7 cm³/mol. The lowest BCUT2D eigenvalue weighted by atomic mass is 10.2. The normalized spacial score (nSPS) is 12.0. The van der Waals surface area contributed by atoms with Crippen molar-refractivity contribution in [3.63, 3.8) is 0 Å². The molecular weight excluding hydrogens is 228 g/mol. The van der Waals surface area contributed by atoms with Gasteiger partial charge in [-0.2, -0.15) is 0 Å². The molecule has 100 valence electrons. The van der Waals surface area contributed by atoms with Gasteiger partial charge in [-0.1, -0.05) is 12.1 Å². The topological polar surface area (TPSA) is 41.6 Å². The second-order valence-electron chi connectivity index (χ2n) is 4.38. The van der Waals surface area contributed by atoms with E-state index in [1.165, 1.54) is 0 Å². The summed E-state index contributed by atoms with van der Waals surface area (Å²) in [4.78, 5) is 13.7. The van der Waals surface area contributed by atoms with Gasteiger partial charge in [0.15, 0.2) is 0 Å². The van der Waals surface area contributed by atoms with Crippen LogP contribution in [0.4, 0.5) is 5.69 Å². The third kappa shape index (κ3) is 4.37. The summed E-state index contributed by atoms with van der Waals surface area (Å²) in [6.07, 6.45) is -0.393. The molecule has 4 heteroatoms. The Morgan fingerprint density at radius 3 is 2.44 bits per heavy atom. The van der Waals surface area contributed by atoms with Gasteiger partial charge >= 0.3 is 0 Å². The van der Waals surface area contributed by atoms with E-state index < -0.39 is 6.10 Å². The second-order valence-corrected chi connectivity index (χ2v) is 4.38. The molecule has 1 amide bonds. The van der Waals surface area contributed by atoms with E-state index in [1.807, 2.05) is 50.2 Å². The minimum atomic E-state index is -0.393. The molecule has 0 aliphatic rings. The molecule has 0 aromatic heterocycles. The fraction of sp³-hybridized carbons (Fsp3) is 0.500. The SMILES string of the molecule is CCOC(C)C(=O)NCc1ccc(N(C)C)cc1. The first-order valence-electron chi connectivity index (χ1n) is 6.20. The highest BCUT2D eigenvalue weighted by Crippen LogP contribution is 2.11. The van der Waals surface area contributed by atoms with Crippen LogP contribution >= 0.6 is 0 Å². The fourth-order valence-electron chi connectivity index (χ4n) is 1.57. The standard InChI is InChI=1S/C14H22N2O2/c1-5-18-11(2)14(17)15-10-12-6-8-13(9-7-12)16(3)4/h6-9,11H,5,10H2,1-4H3,(H,15,17). The number of hydrogen-bond acceptors (Lipinski definition) is 3. The maximum absolute atomic E-state index is 11.6. The van der Waals surface area contributed by atoms with Gasteiger partial charge in [0.05, 0.1) is 0 Å². The van der Waals surface area contributed by atoms with Crippen molar-refractivity contribution in [2.24, 2.45) is 0 Å². The van der Waals surface area contributed by atoms with E-state index in [0.29, 0.717) is 13.2 Å². The molecule has 0 radical (unpaired) electrons. The van der Waals surface area contributed by atoms with Crippen LogP contribution in [0.15, 0.2) is 24.3 Å². The number of anilines is 1. The number of ether oxygens (including phenoxy) is 1. The Kier molecular flexibility index (Phi) is 5.65. The van der Waals surface area contributed by atoms with E-state index in [2.05, 4.69) is 5.32 Å². The van der Waals surface area contributed by atoms with Gasteiger partial charge in [-0.05, 0) is 31.5 Å². The maximum Gasteiger partial charge on any atom is 0.249 e. The highest BCUT2D eigenvalue weighted by molar-refractivity contribution is 5.80. The fourth-order valence-corrected chi connectivity index (χ4v) is 1.57. The number of nitrogens with zero attached hydrogens (tertiary/aromatic N) is 1. The highest BCUT2D eigenvalue weighted by atomic mass is 16.5. The van der Waals surface area contributed by atoms with E-state index in [0.717, 1.165) is 11.3 Å². The van der Waals surface area contributed by atoms with Gasteiger partial charge in [-0.25, -0.2) is 0 Å². The van der Waals surface area contributed by atoms with Gasteiger partial charge in [0, 0.05) is 32.9 Å². The number of nitrogens with one attached hydrogen (secondary N) is 1. The zero-order valence-electron chi connectivity index (χ0n) is 11.6. The average molecular weight is 250 g/mol. The number of carbonyl (C=O) groups is 1. The third-order valence-corrected chi connectivity index (χ3v) is 2.71.